The van der Waals surface area contributed by atoms with Crippen molar-refractivity contribution in [3.05, 3.63) is 11.9 Å². The summed E-state index contributed by atoms with van der Waals surface area (Å²) in [6.45, 7) is 9.68. The lowest BCUT2D eigenvalue weighted by Crippen LogP contribution is -2.35. The van der Waals surface area contributed by atoms with Gasteiger partial charge in [-0.2, -0.15) is 0 Å². The Balaban J connectivity index is 2.22. The first kappa shape index (κ1) is 15.1. The summed E-state index contributed by atoms with van der Waals surface area (Å²) in [6.07, 6.45) is 1.94. The molecule has 1 heterocycles. The molecule has 6 nitrogen and oxygen atoms in total. The molecule has 1 rings (SSSR count). The van der Waals surface area contributed by atoms with Gasteiger partial charge in [0.15, 0.2) is 0 Å². The Morgan fingerprint density at radius 1 is 1.28 bits per heavy atom. The molecule has 0 aliphatic rings. The second-order valence-corrected chi connectivity index (χ2v) is 5.18. The summed E-state index contributed by atoms with van der Waals surface area (Å²) in [4.78, 5) is 0. The van der Waals surface area contributed by atoms with E-state index in [1.807, 2.05) is 6.20 Å². The van der Waals surface area contributed by atoms with E-state index in [1.54, 1.807) is 11.8 Å². The Kier molecular flexibility index (Phi) is 6.24. The summed E-state index contributed by atoms with van der Waals surface area (Å²) >= 11 is 0. The molecule has 1 N–H and O–H groups in total. The molecule has 6 heteroatoms. The van der Waals surface area contributed by atoms with Crippen molar-refractivity contribution in [2.24, 2.45) is 0 Å². The molecule has 0 aromatic carbocycles. The maximum atomic E-state index is 5.37. The van der Waals surface area contributed by atoms with Gasteiger partial charge in [0.2, 0.25) is 0 Å². The van der Waals surface area contributed by atoms with Crippen molar-refractivity contribution in [1.29, 1.82) is 0 Å². The highest BCUT2D eigenvalue weighted by molar-refractivity contribution is 4.92. The van der Waals surface area contributed by atoms with Crippen molar-refractivity contribution in [1.82, 2.24) is 20.3 Å². The quantitative estimate of drug-likeness (QED) is 0.698. The van der Waals surface area contributed by atoms with Crippen LogP contribution in [0.2, 0.25) is 0 Å². The van der Waals surface area contributed by atoms with Crippen LogP contribution in [0.1, 0.15) is 26.5 Å². The molecule has 104 valence electrons. The van der Waals surface area contributed by atoms with Crippen LogP contribution in [0.3, 0.4) is 0 Å². The minimum Gasteiger partial charge on any atom is -0.382 e. The number of ether oxygens (including phenoxy) is 2. The van der Waals surface area contributed by atoms with Gasteiger partial charge in [-0.3, -0.25) is 0 Å². The molecular formula is C12H24N4O2. The Bertz CT molecular complexity index is 333. The summed E-state index contributed by atoms with van der Waals surface area (Å²) in [5.74, 6) is 0. The summed E-state index contributed by atoms with van der Waals surface area (Å²) in [5.41, 5.74) is 1.04. The predicted molar refractivity (Wildman–Crippen MR) is 69.3 cm³/mol. The maximum Gasteiger partial charge on any atom is 0.0965 e. The predicted octanol–water partition coefficient (Wildman–Crippen LogP) is 0.829. The van der Waals surface area contributed by atoms with Gasteiger partial charge in [-0.05, 0) is 20.8 Å². The van der Waals surface area contributed by atoms with Gasteiger partial charge in [0, 0.05) is 25.4 Å². The van der Waals surface area contributed by atoms with E-state index in [0.717, 1.165) is 12.2 Å². The van der Waals surface area contributed by atoms with Crippen molar-refractivity contribution in [3.8, 4) is 0 Å². The van der Waals surface area contributed by atoms with E-state index < -0.39 is 0 Å². The molecule has 0 aliphatic carbocycles. The fourth-order valence-electron chi connectivity index (χ4n) is 1.29. The van der Waals surface area contributed by atoms with E-state index in [4.69, 9.17) is 9.47 Å². The van der Waals surface area contributed by atoms with Gasteiger partial charge in [-0.15, -0.1) is 5.10 Å². The minimum absolute atomic E-state index is 0.0903. The van der Waals surface area contributed by atoms with Crippen molar-refractivity contribution < 1.29 is 9.47 Å². The average molecular weight is 256 g/mol. The van der Waals surface area contributed by atoms with Crippen LogP contribution in [-0.4, -0.2) is 47.5 Å². The monoisotopic (exact) mass is 256 g/mol. The molecule has 0 radical (unpaired) electrons. The third kappa shape index (κ3) is 6.68. The fraction of sp³-hybridized carbons (Fsp3) is 0.833. The largest absolute Gasteiger partial charge is 0.382 e. The molecule has 0 saturated heterocycles. The zero-order valence-electron chi connectivity index (χ0n) is 11.8. The Labute approximate surface area is 109 Å². The topological polar surface area (TPSA) is 61.2 Å². The van der Waals surface area contributed by atoms with Crippen LogP contribution in [0.4, 0.5) is 0 Å². The summed E-state index contributed by atoms with van der Waals surface area (Å²) in [7, 11) is 1.66. The molecule has 18 heavy (non-hydrogen) atoms. The summed E-state index contributed by atoms with van der Waals surface area (Å²) in [5, 5.41) is 11.5. The molecule has 0 fully saturated rings. The van der Waals surface area contributed by atoms with Gasteiger partial charge in [0.1, 0.15) is 0 Å². The highest BCUT2D eigenvalue weighted by Gasteiger charge is 2.09. The Hall–Kier alpha value is -0.980. The van der Waals surface area contributed by atoms with Crippen LogP contribution < -0.4 is 5.32 Å². The highest BCUT2D eigenvalue weighted by Crippen LogP contribution is 2.01. The highest BCUT2D eigenvalue weighted by atomic mass is 16.5. The van der Waals surface area contributed by atoms with Crippen molar-refractivity contribution in [2.45, 2.75) is 39.4 Å². The lowest BCUT2D eigenvalue weighted by molar-refractivity contribution is 0.0652. The van der Waals surface area contributed by atoms with Crippen LogP contribution in [0.15, 0.2) is 6.20 Å². The van der Waals surface area contributed by atoms with Crippen LogP contribution in [0.25, 0.3) is 0 Å². The first-order valence-electron chi connectivity index (χ1n) is 6.22. The van der Waals surface area contributed by atoms with Crippen molar-refractivity contribution >= 4 is 0 Å². The molecule has 1 aromatic heterocycles. The molecule has 0 bridgehead atoms. The van der Waals surface area contributed by atoms with Crippen LogP contribution in [0, 0.1) is 0 Å². The van der Waals surface area contributed by atoms with E-state index in [0.29, 0.717) is 26.4 Å². The number of methoxy groups -OCH3 is 1. The van der Waals surface area contributed by atoms with Gasteiger partial charge in [-0.25, -0.2) is 4.68 Å². The van der Waals surface area contributed by atoms with E-state index in [1.165, 1.54) is 0 Å². The standard InChI is InChI=1S/C12H24N4O2/c1-12(2,3)13-9-11-10-16(15-14-11)5-6-18-8-7-17-4/h10,13H,5-9H2,1-4H3. The first-order chi connectivity index (χ1) is 8.51. The lowest BCUT2D eigenvalue weighted by atomic mass is 10.1. The van der Waals surface area contributed by atoms with E-state index in [2.05, 4.69) is 36.4 Å². The maximum absolute atomic E-state index is 5.37. The van der Waals surface area contributed by atoms with Gasteiger partial charge in [-0.1, -0.05) is 5.21 Å². The van der Waals surface area contributed by atoms with Crippen LogP contribution >= 0.6 is 0 Å². The molecule has 1 aromatic rings. The third-order valence-electron chi connectivity index (χ3n) is 2.28. The van der Waals surface area contributed by atoms with Gasteiger partial charge < -0.3 is 14.8 Å². The number of nitrogens with zero attached hydrogens (tertiary/aromatic N) is 3. The molecule has 0 amide bonds. The number of nitrogens with one attached hydrogen (secondary N) is 1. The zero-order chi connectivity index (χ0) is 13.4. The van der Waals surface area contributed by atoms with E-state index in [9.17, 15) is 0 Å². The Morgan fingerprint density at radius 3 is 2.72 bits per heavy atom. The van der Waals surface area contributed by atoms with E-state index in [-0.39, 0.29) is 5.54 Å². The third-order valence-corrected chi connectivity index (χ3v) is 2.28. The minimum atomic E-state index is 0.0903. The van der Waals surface area contributed by atoms with E-state index >= 15 is 0 Å². The molecule has 0 atom stereocenters. The smallest absolute Gasteiger partial charge is 0.0965 e. The lowest BCUT2D eigenvalue weighted by Gasteiger charge is -2.19. The molecule has 0 spiro atoms. The Morgan fingerprint density at radius 2 is 2.06 bits per heavy atom. The van der Waals surface area contributed by atoms with Crippen molar-refractivity contribution in [3.63, 3.8) is 0 Å². The number of hydrogen-bond donors (Lipinski definition) is 1. The average Bonchev–Trinajstić information content (AvgIpc) is 2.73. The SMILES string of the molecule is COCCOCCn1cc(CNC(C)(C)C)nn1. The normalized spacial score (nSPS) is 12.0. The molecule has 0 aliphatic heterocycles. The zero-order valence-corrected chi connectivity index (χ0v) is 11.8. The number of rotatable bonds is 8. The summed E-state index contributed by atoms with van der Waals surface area (Å²) < 4.78 is 12.1. The second kappa shape index (κ2) is 7.45. The number of aromatic nitrogens is 3. The van der Waals surface area contributed by atoms with Gasteiger partial charge in [0.05, 0.1) is 32.1 Å². The van der Waals surface area contributed by atoms with Crippen LogP contribution in [-0.2, 0) is 22.6 Å². The van der Waals surface area contributed by atoms with Gasteiger partial charge >= 0.3 is 0 Å². The van der Waals surface area contributed by atoms with Crippen molar-refractivity contribution in [2.75, 3.05) is 26.9 Å². The van der Waals surface area contributed by atoms with Crippen LogP contribution in [0.5, 0.6) is 0 Å². The molecule has 0 unspecified atom stereocenters. The first-order valence-corrected chi connectivity index (χ1v) is 6.22. The molecule has 0 saturated carbocycles. The fourth-order valence-corrected chi connectivity index (χ4v) is 1.29. The summed E-state index contributed by atoms with van der Waals surface area (Å²) in [6, 6.07) is 0. The second-order valence-electron chi connectivity index (χ2n) is 5.18. The molecular weight excluding hydrogens is 232 g/mol. The van der Waals surface area contributed by atoms with Gasteiger partial charge in [0.25, 0.3) is 0 Å². The number of hydrogen-bond acceptors (Lipinski definition) is 5.